The fourth-order valence-corrected chi connectivity index (χ4v) is 4.62. The molecule has 6 nitrogen and oxygen atoms in total. The molecule has 0 aromatic carbocycles. The largest absolute Gasteiger partial charge is 0.381 e. The van der Waals surface area contributed by atoms with Crippen LogP contribution >= 0.6 is 11.6 Å². The van der Waals surface area contributed by atoms with Gasteiger partial charge in [-0.25, -0.2) is 4.98 Å². The lowest BCUT2D eigenvalue weighted by Crippen LogP contribution is -2.35. The van der Waals surface area contributed by atoms with Crippen LogP contribution in [-0.2, 0) is 16.0 Å². The van der Waals surface area contributed by atoms with Crippen molar-refractivity contribution in [3.8, 4) is 11.3 Å². The van der Waals surface area contributed by atoms with Crippen LogP contribution in [0.5, 0.6) is 0 Å². The number of aromatic nitrogens is 2. The highest BCUT2D eigenvalue weighted by molar-refractivity contribution is 6.33. The number of Topliss-reactive ketones (excluding diaryl/α,β-unsaturated/α-hetero) is 1. The van der Waals surface area contributed by atoms with Crippen molar-refractivity contribution in [3.63, 3.8) is 0 Å². The first-order chi connectivity index (χ1) is 15.1. The molecule has 7 heteroatoms. The predicted octanol–water partition coefficient (Wildman–Crippen LogP) is 3.77. The first-order valence-electron chi connectivity index (χ1n) is 11.2. The number of halogens is 1. The Bertz CT molecular complexity index is 895. The van der Waals surface area contributed by atoms with Gasteiger partial charge in [0.05, 0.1) is 10.7 Å². The second-order valence-electron chi connectivity index (χ2n) is 8.66. The lowest BCUT2D eigenvalue weighted by atomic mass is 9.92. The van der Waals surface area contributed by atoms with E-state index in [-0.39, 0.29) is 11.7 Å². The van der Waals surface area contributed by atoms with Gasteiger partial charge in [-0.05, 0) is 56.3 Å². The maximum Gasteiger partial charge on any atom is 0.143 e. The molecule has 0 aliphatic carbocycles. The Balaban J connectivity index is 1.48. The summed E-state index contributed by atoms with van der Waals surface area (Å²) in [4.78, 5) is 24.2. The summed E-state index contributed by atoms with van der Waals surface area (Å²) in [5, 5.41) is 3.86. The molecular weight excluding hydrogens is 412 g/mol. The van der Waals surface area contributed by atoms with Crippen LogP contribution in [0.3, 0.4) is 0 Å². The molecule has 0 amide bonds. The van der Waals surface area contributed by atoms with Gasteiger partial charge in [-0.1, -0.05) is 17.7 Å². The minimum atomic E-state index is 0.0787. The lowest BCUT2D eigenvalue weighted by Gasteiger charge is -2.28. The number of ketones is 1. The number of nitrogens with one attached hydrogen (secondary N) is 1. The number of hydrogen-bond donors (Lipinski definition) is 1. The van der Waals surface area contributed by atoms with Gasteiger partial charge in [0.1, 0.15) is 11.6 Å². The highest BCUT2D eigenvalue weighted by atomic mass is 35.5. The Kier molecular flexibility index (Phi) is 7.54. The summed E-state index contributed by atoms with van der Waals surface area (Å²) in [7, 11) is 2.08. The predicted molar refractivity (Wildman–Crippen MR) is 124 cm³/mol. The van der Waals surface area contributed by atoms with Gasteiger partial charge in [-0.3, -0.25) is 9.78 Å². The van der Waals surface area contributed by atoms with Crippen LogP contribution < -0.4 is 10.2 Å². The molecule has 2 saturated heterocycles. The van der Waals surface area contributed by atoms with Crippen molar-refractivity contribution < 1.29 is 9.53 Å². The summed E-state index contributed by atoms with van der Waals surface area (Å²) in [6.07, 6.45) is 6.16. The van der Waals surface area contributed by atoms with Crippen LogP contribution in [-0.4, -0.2) is 55.6 Å². The fourth-order valence-electron chi connectivity index (χ4n) is 4.42. The Hall–Kier alpha value is -2.02. The van der Waals surface area contributed by atoms with Crippen molar-refractivity contribution >= 4 is 23.2 Å². The molecule has 166 valence electrons. The molecule has 0 saturated carbocycles. The Morgan fingerprint density at radius 1 is 1.29 bits per heavy atom. The Morgan fingerprint density at radius 3 is 2.90 bits per heavy atom. The summed E-state index contributed by atoms with van der Waals surface area (Å²) in [6.45, 7) is 4.41. The van der Waals surface area contributed by atoms with Crippen molar-refractivity contribution in [3.05, 3.63) is 41.2 Å². The third-order valence-electron chi connectivity index (χ3n) is 6.29. The zero-order valence-corrected chi connectivity index (χ0v) is 18.9. The van der Waals surface area contributed by atoms with Gasteiger partial charge >= 0.3 is 0 Å². The molecule has 0 radical (unpaired) electrons. The number of carbonyl (C=O) groups excluding carboxylic acids is 1. The molecule has 1 atom stereocenters. The summed E-state index contributed by atoms with van der Waals surface area (Å²) < 4.78 is 5.47. The van der Waals surface area contributed by atoms with Crippen molar-refractivity contribution in [2.75, 3.05) is 44.8 Å². The van der Waals surface area contributed by atoms with Crippen LogP contribution in [0.25, 0.3) is 11.3 Å². The summed E-state index contributed by atoms with van der Waals surface area (Å²) in [5.41, 5.74) is 2.37. The van der Waals surface area contributed by atoms with E-state index >= 15 is 0 Å². The van der Waals surface area contributed by atoms with Crippen LogP contribution in [0.4, 0.5) is 5.82 Å². The van der Waals surface area contributed by atoms with Crippen LogP contribution in [0.1, 0.15) is 31.4 Å². The third-order valence-corrected chi connectivity index (χ3v) is 6.60. The molecule has 2 aliphatic rings. The molecule has 4 heterocycles. The van der Waals surface area contributed by atoms with Crippen molar-refractivity contribution in [1.29, 1.82) is 0 Å². The van der Waals surface area contributed by atoms with Gasteiger partial charge in [0.15, 0.2) is 0 Å². The van der Waals surface area contributed by atoms with Crippen molar-refractivity contribution in [2.24, 2.45) is 11.8 Å². The van der Waals surface area contributed by atoms with E-state index in [1.54, 1.807) is 6.20 Å². The number of ether oxygens (including phenoxy) is 1. The normalized spacial score (nSPS) is 19.9. The topological polar surface area (TPSA) is 67.3 Å². The molecular formula is C24H31ClN4O2. The van der Waals surface area contributed by atoms with Crippen LogP contribution in [0, 0.1) is 11.8 Å². The molecule has 4 rings (SSSR count). The van der Waals surface area contributed by atoms with Gasteiger partial charge in [0.2, 0.25) is 0 Å². The lowest BCUT2D eigenvalue weighted by molar-refractivity contribution is -0.122. The van der Waals surface area contributed by atoms with Crippen molar-refractivity contribution in [1.82, 2.24) is 15.3 Å². The summed E-state index contributed by atoms with van der Waals surface area (Å²) >= 11 is 6.48. The average Bonchev–Trinajstić information content (AvgIpc) is 2.81. The summed E-state index contributed by atoms with van der Waals surface area (Å²) in [6, 6.07) is 7.91. The third kappa shape index (κ3) is 5.82. The van der Waals surface area contributed by atoms with Gasteiger partial charge in [-0.2, -0.15) is 0 Å². The first-order valence-corrected chi connectivity index (χ1v) is 11.6. The van der Waals surface area contributed by atoms with E-state index in [1.807, 2.05) is 24.3 Å². The molecule has 2 fully saturated rings. The zero-order chi connectivity index (χ0) is 21.6. The number of nitrogens with zero attached hydrogens (tertiary/aromatic N) is 3. The number of hydrogen-bond acceptors (Lipinski definition) is 6. The van der Waals surface area contributed by atoms with Gasteiger partial charge in [0, 0.05) is 63.1 Å². The van der Waals surface area contributed by atoms with E-state index in [0.29, 0.717) is 17.4 Å². The zero-order valence-electron chi connectivity index (χ0n) is 18.1. The van der Waals surface area contributed by atoms with Crippen LogP contribution in [0.2, 0.25) is 5.02 Å². The second-order valence-corrected chi connectivity index (χ2v) is 9.07. The standard InChI is InChI=1S/C24H31ClN4O2/c1-29(16-17-7-10-31-11-8-17)24-6-2-5-22(28-24)20-12-19(27-15-21(20)25)13-23(30)18-4-3-9-26-14-18/h2,5-6,12,15,17-18,26H,3-4,7-11,13-14,16H2,1H3/t18-/m1/s1. The molecule has 1 N–H and O–H groups in total. The molecule has 31 heavy (non-hydrogen) atoms. The Morgan fingerprint density at radius 2 is 2.13 bits per heavy atom. The van der Waals surface area contributed by atoms with Gasteiger partial charge in [0.25, 0.3) is 0 Å². The van der Waals surface area contributed by atoms with Gasteiger partial charge < -0.3 is 15.0 Å². The van der Waals surface area contributed by atoms with E-state index in [2.05, 4.69) is 22.2 Å². The quantitative estimate of drug-likeness (QED) is 0.704. The fraction of sp³-hybridized carbons (Fsp3) is 0.542. The van der Waals surface area contributed by atoms with E-state index in [4.69, 9.17) is 21.3 Å². The maximum atomic E-state index is 12.7. The number of pyridine rings is 2. The number of rotatable bonds is 7. The van der Waals surface area contributed by atoms with E-state index in [9.17, 15) is 4.79 Å². The van der Waals surface area contributed by atoms with E-state index in [1.165, 1.54) is 0 Å². The highest BCUT2D eigenvalue weighted by Gasteiger charge is 2.22. The maximum absolute atomic E-state index is 12.7. The monoisotopic (exact) mass is 442 g/mol. The number of carbonyl (C=O) groups is 1. The molecule has 2 aromatic heterocycles. The molecule has 0 unspecified atom stereocenters. The molecule has 2 aromatic rings. The van der Waals surface area contributed by atoms with Crippen LogP contribution in [0.15, 0.2) is 30.5 Å². The van der Waals surface area contributed by atoms with E-state index in [0.717, 1.165) is 81.3 Å². The second kappa shape index (κ2) is 10.5. The first kappa shape index (κ1) is 22.2. The number of anilines is 1. The van der Waals surface area contributed by atoms with E-state index < -0.39 is 0 Å². The molecule has 0 spiro atoms. The molecule has 0 bridgehead atoms. The average molecular weight is 443 g/mol. The van der Waals surface area contributed by atoms with Gasteiger partial charge in [-0.15, -0.1) is 0 Å². The van der Waals surface area contributed by atoms with Crippen molar-refractivity contribution in [2.45, 2.75) is 32.1 Å². The SMILES string of the molecule is CN(CC1CCOCC1)c1cccc(-c2cc(CC(=O)[C@@H]3CCCNC3)ncc2Cl)n1. The smallest absolute Gasteiger partial charge is 0.143 e. The Labute approximate surface area is 189 Å². The highest BCUT2D eigenvalue weighted by Crippen LogP contribution is 2.29. The minimum Gasteiger partial charge on any atom is -0.381 e. The number of piperidine rings is 1. The summed E-state index contributed by atoms with van der Waals surface area (Å²) in [5.74, 6) is 1.87. The minimum absolute atomic E-state index is 0.0787. The molecule has 2 aliphatic heterocycles.